The molecule has 0 aliphatic carbocycles. The van der Waals surface area contributed by atoms with Crippen molar-refractivity contribution in [3.05, 3.63) is 83.9 Å². The summed E-state index contributed by atoms with van der Waals surface area (Å²) in [6.45, 7) is 9.70. The van der Waals surface area contributed by atoms with Crippen molar-refractivity contribution in [3.8, 4) is 16.9 Å². The minimum Gasteiger partial charge on any atom is -0.496 e. The fourth-order valence-corrected chi connectivity index (χ4v) is 4.30. The zero-order chi connectivity index (χ0) is 27.6. The van der Waals surface area contributed by atoms with Crippen LogP contribution in [0.5, 0.6) is 5.75 Å². The lowest BCUT2D eigenvalue weighted by Gasteiger charge is -2.21. The summed E-state index contributed by atoms with van der Waals surface area (Å²) in [6.07, 6.45) is 2.19. The first-order valence-corrected chi connectivity index (χ1v) is 13.8. The highest BCUT2D eigenvalue weighted by molar-refractivity contribution is 7.85. The van der Waals surface area contributed by atoms with E-state index in [9.17, 15) is 13.2 Å². The highest BCUT2D eigenvalue weighted by Crippen LogP contribution is 2.35. The molecule has 0 aromatic heterocycles. The lowest BCUT2D eigenvalue weighted by Crippen LogP contribution is -2.24. The van der Waals surface area contributed by atoms with Crippen LogP contribution in [0.3, 0.4) is 0 Å². The second-order valence-corrected chi connectivity index (χ2v) is 11.3. The summed E-state index contributed by atoms with van der Waals surface area (Å²) in [6, 6.07) is 22.5. The van der Waals surface area contributed by atoms with Crippen LogP contribution in [0.1, 0.15) is 64.0 Å². The predicted molar refractivity (Wildman–Crippen MR) is 148 cm³/mol. The van der Waals surface area contributed by atoms with E-state index in [2.05, 4.69) is 31.2 Å². The monoisotopic (exact) mass is 526 g/mol. The normalized spacial score (nSPS) is 12.2. The van der Waals surface area contributed by atoms with E-state index in [0.717, 1.165) is 35.3 Å². The number of carbonyl (C=O) groups excluding carboxylic acids is 1. The number of ether oxygens (including phenoxy) is 2. The Bertz CT molecular complexity index is 1240. The third-order valence-electron chi connectivity index (χ3n) is 5.71. The Balaban J connectivity index is 0.000000364. The van der Waals surface area contributed by atoms with Crippen LogP contribution in [-0.2, 0) is 19.6 Å². The van der Waals surface area contributed by atoms with E-state index in [1.807, 2.05) is 52.0 Å². The molecule has 0 saturated carbocycles. The first-order chi connectivity index (χ1) is 17.3. The summed E-state index contributed by atoms with van der Waals surface area (Å²) in [5, 5.41) is 0. The summed E-state index contributed by atoms with van der Waals surface area (Å²) in [4.78, 5) is 12.0. The zero-order valence-electron chi connectivity index (χ0n) is 22.5. The van der Waals surface area contributed by atoms with Crippen molar-refractivity contribution in [3.63, 3.8) is 0 Å². The van der Waals surface area contributed by atoms with Gasteiger partial charge in [-0.15, -0.1) is 0 Å². The first kappa shape index (κ1) is 30.1. The molecular weight excluding hydrogens is 488 g/mol. The Morgan fingerprint density at radius 2 is 1.59 bits per heavy atom. The van der Waals surface area contributed by atoms with Crippen LogP contribution >= 0.6 is 0 Å². The largest absolute Gasteiger partial charge is 0.496 e. The van der Waals surface area contributed by atoms with E-state index >= 15 is 0 Å². The van der Waals surface area contributed by atoms with Gasteiger partial charge in [0, 0.05) is 12.0 Å². The Hall–Kier alpha value is -3.16. The molecule has 0 amide bonds. The Morgan fingerprint density at radius 1 is 0.973 bits per heavy atom. The highest BCUT2D eigenvalue weighted by atomic mass is 32.2. The molecule has 0 bridgehead atoms. The van der Waals surface area contributed by atoms with Crippen molar-refractivity contribution >= 4 is 16.1 Å². The third-order valence-corrected chi connectivity index (χ3v) is 6.58. The van der Waals surface area contributed by atoms with Crippen LogP contribution in [0.15, 0.2) is 77.7 Å². The number of methoxy groups -OCH3 is 1. The zero-order valence-corrected chi connectivity index (χ0v) is 23.3. The van der Waals surface area contributed by atoms with Crippen molar-refractivity contribution < 1.29 is 27.2 Å². The van der Waals surface area contributed by atoms with Crippen LogP contribution in [0.2, 0.25) is 0 Å². The molecule has 3 aromatic carbocycles. The third kappa shape index (κ3) is 10.0. The molecule has 3 rings (SSSR count). The van der Waals surface area contributed by atoms with Gasteiger partial charge in [-0.3, -0.25) is 9.35 Å². The van der Waals surface area contributed by atoms with Gasteiger partial charge in [-0.05, 0) is 81.8 Å². The van der Waals surface area contributed by atoms with Gasteiger partial charge in [0.15, 0.2) is 0 Å². The van der Waals surface area contributed by atoms with Crippen molar-refractivity contribution in [2.45, 2.75) is 70.3 Å². The molecule has 3 aromatic rings. The average molecular weight is 527 g/mol. The quantitative estimate of drug-likeness (QED) is 0.246. The number of hydrogen-bond acceptors (Lipinski definition) is 5. The molecule has 0 spiro atoms. The number of aryl methyl sites for hydroxylation is 1. The van der Waals surface area contributed by atoms with Crippen molar-refractivity contribution in [2.75, 3.05) is 7.11 Å². The SMILES string of the molecule is CC[C@@H](CCC(=O)OC(C)(C)C)c1ccc(OC)c(-c2ccccc2)c1.Cc1ccc(S(=O)(=O)O)cc1. The topological polar surface area (TPSA) is 89.9 Å². The molecule has 0 aliphatic heterocycles. The fraction of sp³-hybridized carbons (Fsp3) is 0.367. The van der Waals surface area contributed by atoms with Gasteiger partial charge in [-0.2, -0.15) is 8.42 Å². The molecule has 0 radical (unpaired) electrons. The van der Waals surface area contributed by atoms with Gasteiger partial charge in [-0.1, -0.05) is 61.0 Å². The fourth-order valence-electron chi connectivity index (χ4n) is 3.82. The Labute approximate surface area is 221 Å². The second-order valence-electron chi connectivity index (χ2n) is 9.84. The Morgan fingerprint density at radius 3 is 2.11 bits per heavy atom. The molecule has 37 heavy (non-hydrogen) atoms. The molecule has 6 nitrogen and oxygen atoms in total. The summed E-state index contributed by atoms with van der Waals surface area (Å²) >= 11 is 0. The van der Waals surface area contributed by atoms with Crippen LogP contribution in [0.4, 0.5) is 0 Å². The predicted octanol–water partition coefficient (Wildman–Crippen LogP) is 7.22. The molecule has 0 unspecified atom stereocenters. The first-order valence-electron chi connectivity index (χ1n) is 12.3. The van der Waals surface area contributed by atoms with Crippen molar-refractivity contribution in [1.82, 2.24) is 0 Å². The summed E-state index contributed by atoms with van der Waals surface area (Å²) < 4.78 is 40.5. The Kier molecular flexibility index (Phi) is 10.9. The highest BCUT2D eigenvalue weighted by Gasteiger charge is 2.19. The minimum absolute atomic E-state index is 0.0666. The maximum absolute atomic E-state index is 12.1. The van der Waals surface area contributed by atoms with Crippen LogP contribution in [0, 0.1) is 6.92 Å². The standard InChI is InChI=1S/C23H30O3.C7H8O3S/c1-6-17(13-15-22(24)26-23(2,3)4)19-12-14-21(25-5)20(16-19)18-10-8-7-9-11-18;1-6-2-4-7(5-3-6)11(8,9)10/h7-12,14,16-17H,6,13,15H2,1-5H3;2-5H,1H3,(H,8,9,10)/t17-;/m0./s1. The number of rotatable bonds is 8. The molecule has 1 N–H and O–H groups in total. The minimum atomic E-state index is -4.02. The summed E-state index contributed by atoms with van der Waals surface area (Å²) in [7, 11) is -2.32. The molecule has 0 fully saturated rings. The lowest BCUT2D eigenvalue weighted by molar-refractivity contribution is -0.155. The molecular formula is C30H38O6S. The average Bonchev–Trinajstić information content (AvgIpc) is 2.84. The van der Waals surface area contributed by atoms with Crippen molar-refractivity contribution in [1.29, 1.82) is 0 Å². The van der Waals surface area contributed by atoms with Gasteiger partial charge < -0.3 is 9.47 Å². The van der Waals surface area contributed by atoms with E-state index in [0.29, 0.717) is 12.3 Å². The van der Waals surface area contributed by atoms with E-state index in [4.69, 9.17) is 14.0 Å². The van der Waals surface area contributed by atoms with E-state index in [1.165, 1.54) is 17.7 Å². The molecule has 0 heterocycles. The maximum Gasteiger partial charge on any atom is 0.306 e. The van der Waals surface area contributed by atoms with Gasteiger partial charge in [0.1, 0.15) is 11.4 Å². The number of esters is 1. The molecule has 0 saturated heterocycles. The lowest BCUT2D eigenvalue weighted by atomic mass is 9.89. The van der Waals surface area contributed by atoms with Gasteiger partial charge >= 0.3 is 5.97 Å². The van der Waals surface area contributed by atoms with E-state index in [-0.39, 0.29) is 10.9 Å². The van der Waals surface area contributed by atoms with E-state index < -0.39 is 15.7 Å². The maximum atomic E-state index is 12.1. The molecule has 0 aliphatic rings. The van der Waals surface area contributed by atoms with Gasteiger partial charge in [-0.25, -0.2) is 0 Å². The van der Waals surface area contributed by atoms with Gasteiger partial charge in [0.2, 0.25) is 0 Å². The summed E-state index contributed by atoms with van der Waals surface area (Å²) in [5.74, 6) is 1.05. The molecule has 1 atom stereocenters. The second kappa shape index (κ2) is 13.4. The number of carbonyl (C=O) groups is 1. The van der Waals surface area contributed by atoms with Gasteiger partial charge in [0.05, 0.1) is 12.0 Å². The van der Waals surface area contributed by atoms with Crippen LogP contribution in [0.25, 0.3) is 11.1 Å². The van der Waals surface area contributed by atoms with E-state index in [1.54, 1.807) is 19.2 Å². The molecule has 7 heteroatoms. The molecule has 200 valence electrons. The van der Waals surface area contributed by atoms with Crippen LogP contribution < -0.4 is 4.74 Å². The smallest absolute Gasteiger partial charge is 0.306 e. The van der Waals surface area contributed by atoms with Gasteiger partial charge in [0.25, 0.3) is 10.1 Å². The van der Waals surface area contributed by atoms with Crippen molar-refractivity contribution in [2.24, 2.45) is 0 Å². The number of benzene rings is 3. The summed E-state index contributed by atoms with van der Waals surface area (Å²) in [5.41, 5.74) is 3.97. The number of hydrogen-bond donors (Lipinski definition) is 1. The van der Waals surface area contributed by atoms with Crippen LogP contribution in [-0.4, -0.2) is 31.7 Å².